The minimum Gasteiger partial charge on any atom is -0.492 e. The lowest BCUT2D eigenvalue weighted by Crippen LogP contribution is -2.12. The highest BCUT2D eigenvalue weighted by atomic mass is 16.5. The first kappa shape index (κ1) is 13.9. The van der Waals surface area contributed by atoms with Gasteiger partial charge in [0.05, 0.1) is 12.3 Å². The first-order valence-electron chi connectivity index (χ1n) is 7.48. The van der Waals surface area contributed by atoms with Gasteiger partial charge in [-0.2, -0.15) is 0 Å². The Labute approximate surface area is 124 Å². The summed E-state index contributed by atoms with van der Waals surface area (Å²) >= 11 is 0. The second-order valence-corrected chi connectivity index (χ2v) is 5.68. The Hall–Kier alpha value is -2.11. The second kappa shape index (κ2) is 5.71. The lowest BCUT2D eigenvalue weighted by atomic mass is 10.1. The number of nitrogens with zero attached hydrogens (tertiary/aromatic N) is 4. The normalized spacial score (nSPS) is 15.9. The molecule has 1 heterocycles. The van der Waals surface area contributed by atoms with Crippen molar-refractivity contribution in [3.05, 3.63) is 18.2 Å². The van der Waals surface area contributed by atoms with Crippen LogP contribution in [0.15, 0.2) is 18.2 Å². The van der Waals surface area contributed by atoms with Crippen molar-refractivity contribution in [2.75, 3.05) is 12.3 Å². The van der Waals surface area contributed by atoms with Gasteiger partial charge in [-0.1, -0.05) is 6.92 Å². The van der Waals surface area contributed by atoms with E-state index in [1.54, 1.807) is 0 Å². The predicted octanol–water partition coefficient (Wildman–Crippen LogP) is 2.37. The fourth-order valence-corrected chi connectivity index (χ4v) is 2.60. The Kier molecular flexibility index (Phi) is 3.77. The molecule has 0 radical (unpaired) electrons. The number of tetrazole rings is 1. The molecule has 0 spiro atoms. The number of rotatable bonds is 6. The molecule has 1 saturated carbocycles. The van der Waals surface area contributed by atoms with Gasteiger partial charge in [0.15, 0.2) is 5.82 Å². The molecule has 1 aliphatic carbocycles. The molecule has 1 aromatic heterocycles. The molecule has 1 aliphatic rings. The summed E-state index contributed by atoms with van der Waals surface area (Å²) in [5, 5.41) is 12.1. The van der Waals surface area contributed by atoms with Crippen molar-refractivity contribution in [2.45, 2.75) is 33.2 Å². The number of nitrogen functional groups attached to an aromatic ring is 1. The van der Waals surface area contributed by atoms with Gasteiger partial charge in [0.2, 0.25) is 0 Å². The molecule has 112 valence electrons. The third-order valence-electron chi connectivity index (χ3n) is 3.99. The topological polar surface area (TPSA) is 78.9 Å². The maximum absolute atomic E-state index is 6.02. The van der Waals surface area contributed by atoms with Gasteiger partial charge < -0.3 is 10.5 Å². The van der Waals surface area contributed by atoms with Crippen molar-refractivity contribution >= 4 is 5.69 Å². The number of nitrogens with two attached hydrogens (primary N) is 1. The van der Waals surface area contributed by atoms with Crippen molar-refractivity contribution in [1.29, 1.82) is 0 Å². The summed E-state index contributed by atoms with van der Waals surface area (Å²) < 4.78 is 7.33. The van der Waals surface area contributed by atoms with E-state index in [1.807, 2.05) is 29.8 Å². The molecule has 1 unspecified atom stereocenters. The number of benzene rings is 1. The molecule has 1 aromatic carbocycles. The molecule has 2 aromatic rings. The van der Waals surface area contributed by atoms with Gasteiger partial charge in [-0.3, -0.25) is 0 Å². The Morgan fingerprint density at radius 3 is 2.90 bits per heavy atom. The van der Waals surface area contributed by atoms with Crippen LogP contribution in [0, 0.1) is 11.8 Å². The third-order valence-corrected chi connectivity index (χ3v) is 3.99. The van der Waals surface area contributed by atoms with E-state index < -0.39 is 0 Å². The second-order valence-electron chi connectivity index (χ2n) is 5.68. The van der Waals surface area contributed by atoms with Crippen LogP contribution in [0.1, 0.15) is 26.7 Å². The largest absolute Gasteiger partial charge is 0.492 e. The van der Waals surface area contributed by atoms with Gasteiger partial charge >= 0.3 is 0 Å². The van der Waals surface area contributed by atoms with E-state index in [2.05, 4.69) is 22.4 Å². The molecular formula is C15H21N5O. The zero-order chi connectivity index (χ0) is 14.8. The minimum absolute atomic E-state index is 0.597. The standard InChI is InChI=1S/C15H21N5O/c1-3-21-14-7-6-12(8-13(14)16)15-17-18-19-20(15)9-10(2)11-4-5-11/h6-8,10-11H,3-5,9,16H2,1-2H3. The van der Waals surface area contributed by atoms with Crippen molar-refractivity contribution in [1.82, 2.24) is 20.2 Å². The average molecular weight is 287 g/mol. The van der Waals surface area contributed by atoms with Crippen LogP contribution in [0.4, 0.5) is 5.69 Å². The summed E-state index contributed by atoms with van der Waals surface area (Å²) in [6.07, 6.45) is 2.66. The van der Waals surface area contributed by atoms with Gasteiger partial charge in [-0.25, -0.2) is 4.68 Å². The number of aromatic nitrogens is 4. The maximum atomic E-state index is 6.02. The van der Waals surface area contributed by atoms with E-state index >= 15 is 0 Å². The van der Waals surface area contributed by atoms with E-state index in [0.29, 0.717) is 24.0 Å². The first-order chi connectivity index (χ1) is 10.2. The molecule has 6 heteroatoms. The monoisotopic (exact) mass is 287 g/mol. The van der Waals surface area contributed by atoms with Gasteiger partial charge in [-0.05, 0) is 60.2 Å². The van der Waals surface area contributed by atoms with Crippen LogP contribution in [0.25, 0.3) is 11.4 Å². The fraction of sp³-hybridized carbons (Fsp3) is 0.533. The summed E-state index contributed by atoms with van der Waals surface area (Å²) in [6.45, 7) is 5.64. The Morgan fingerprint density at radius 2 is 2.24 bits per heavy atom. The van der Waals surface area contributed by atoms with Crippen LogP contribution in [0.3, 0.4) is 0 Å². The number of hydrogen-bond donors (Lipinski definition) is 1. The van der Waals surface area contributed by atoms with Crippen LogP contribution in [0.2, 0.25) is 0 Å². The maximum Gasteiger partial charge on any atom is 0.182 e. The summed E-state index contributed by atoms with van der Waals surface area (Å²) in [5.41, 5.74) is 7.55. The molecule has 1 atom stereocenters. The third kappa shape index (κ3) is 2.99. The summed E-state index contributed by atoms with van der Waals surface area (Å²) in [4.78, 5) is 0. The van der Waals surface area contributed by atoms with Crippen molar-refractivity contribution in [2.24, 2.45) is 11.8 Å². The molecule has 2 N–H and O–H groups in total. The van der Waals surface area contributed by atoms with Crippen molar-refractivity contribution in [3.8, 4) is 17.1 Å². The molecule has 0 aliphatic heterocycles. The van der Waals surface area contributed by atoms with E-state index in [9.17, 15) is 0 Å². The van der Waals surface area contributed by atoms with Crippen LogP contribution in [0.5, 0.6) is 5.75 Å². The lowest BCUT2D eigenvalue weighted by Gasteiger charge is -2.12. The Balaban J connectivity index is 1.83. The van der Waals surface area contributed by atoms with Gasteiger partial charge in [0.1, 0.15) is 5.75 Å². The SMILES string of the molecule is CCOc1ccc(-c2nnnn2CC(C)C2CC2)cc1N. The van der Waals surface area contributed by atoms with Gasteiger partial charge in [-0.15, -0.1) is 5.10 Å². The molecule has 0 saturated heterocycles. The smallest absolute Gasteiger partial charge is 0.182 e. The highest BCUT2D eigenvalue weighted by molar-refractivity contribution is 5.66. The fourth-order valence-electron chi connectivity index (χ4n) is 2.60. The zero-order valence-corrected chi connectivity index (χ0v) is 12.5. The number of anilines is 1. The van der Waals surface area contributed by atoms with E-state index in [-0.39, 0.29) is 0 Å². The van der Waals surface area contributed by atoms with Crippen LogP contribution < -0.4 is 10.5 Å². The van der Waals surface area contributed by atoms with Crippen molar-refractivity contribution in [3.63, 3.8) is 0 Å². The lowest BCUT2D eigenvalue weighted by molar-refractivity contribution is 0.342. The number of hydrogen-bond acceptors (Lipinski definition) is 5. The number of ether oxygens (including phenoxy) is 1. The zero-order valence-electron chi connectivity index (χ0n) is 12.5. The van der Waals surface area contributed by atoms with Crippen LogP contribution in [-0.4, -0.2) is 26.8 Å². The predicted molar refractivity (Wildman–Crippen MR) is 80.7 cm³/mol. The highest BCUT2D eigenvalue weighted by Gasteiger charge is 2.29. The molecule has 1 fully saturated rings. The van der Waals surface area contributed by atoms with Gasteiger partial charge in [0.25, 0.3) is 0 Å². The minimum atomic E-state index is 0.597. The van der Waals surface area contributed by atoms with Crippen molar-refractivity contribution < 1.29 is 4.74 Å². The van der Waals surface area contributed by atoms with Gasteiger partial charge in [0, 0.05) is 12.1 Å². The van der Waals surface area contributed by atoms with E-state index in [4.69, 9.17) is 10.5 Å². The molecule has 21 heavy (non-hydrogen) atoms. The van der Waals surface area contributed by atoms with E-state index in [0.717, 1.165) is 23.9 Å². The average Bonchev–Trinajstić information content (AvgIpc) is 3.22. The molecule has 3 rings (SSSR count). The molecular weight excluding hydrogens is 266 g/mol. The highest BCUT2D eigenvalue weighted by Crippen LogP contribution is 2.37. The molecule has 0 amide bonds. The van der Waals surface area contributed by atoms with E-state index in [1.165, 1.54) is 12.8 Å². The first-order valence-corrected chi connectivity index (χ1v) is 7.48. The summed E-state index contributed by atoms with van der Waals surface area (Å²) in [6, 6.07) is 5.69. The molecule has 6 nitrogen and oxygen atoms in total. The van der Waals surface area contributed by atoms with Crippen LogP contribution in [-0.2, 0) is 6.54 Å². The summed E-state index contributed by atoms with van der Waals surface area (Å²) in [5.74, 6) is 2.89. The molecule has 0 bridgehead atoms. The Morgan fingerprint density at radius 1 is 1.43 bits per heavy atom. The quantitative estimate of drug-likeness (QED) is 0.825. The van der Waals surface area contributed by atoms with Crippen LogP contribution >= 0.6 is 0 Å². The summed E-state index contributed by atoms with van der Waals surface area (Å²) in [7, 11) is 0. The Bertz CT molecular complexity index is 620.